The normalized spacial score (nSPS) is 11.8. The fourth-order valence-electron chi connectivity index (χ4n) is 9.48. The lowest BCUT2D eigenvalue weighted by Gasteiger charge is -2.38. The summed E-state index contributed by atoms with van der Waals surface area (Å²) in [5.41, 5.74) is 17.5. The molecule has 0 amide bonds. The molecule has 0 unspecified atom stereocenters. The van der Waals surface area contributed by atoms with E-state index in [0.29, 0.717) is 0 Å². The van der Waals surface area contributed by atoms with Gasteiger partial charge in [-0.25, -0.2) is 0 Å². The van der Waals surface area contributed by atoms with Gasteiger partial charge in [0.25, 0.3) is 0 Å². The molecular weight excluding hydrogens is 703 g/mol. The molecule has 0 atom stereocenters. The summed E-state index contributed by atoms with van der Waals surface area (Å²) in [6.07, 6.45) is 0. The third-order valence-electron chi connectivity index (χ3n) is 12.0. The van der Waals surface area contributed by atoms with Crippen LogP contribution in [0.3, 0.4) is 0 Å². The molecule has 0 fully saturated rings. The van der Waals surface area contributed by atoms with Gasteiger partial charge in [-0.2, -0.15) is 0 Å². The summed E-state index contributed by atoms with van der Waals surface area (Å²) in [6.45, 7) is 0. The minimum Gasteiger partial charge on any atom is -0.456 e. The van der Waals surface area contributed by atoms with Crippen LogP contribution >= 0.6 is 0 Å². The Bertz CT molecular complexity index is 3360. The van der Waals surface area contributed by atoms with Crippen molar-refractivity contribution in [2.45, 2.75) is 0 Å². The van der Waals surface area contributed by atoms with E-state index in [1.807, 2.05) is 0 Å². The van der Waals surface area contributed by atoms with Gasteiger partial charge in [-0.05, 0) is 97.1 Å². The Labute approximate surface area is 336 Å². The summed E-state index contributed by atoms with van der Waals surface area (Å²) in [7, 11) is 0. The molecule has 0 bridgehead atoms. The van der Waals surface area contributed by atoms with Gasteiger partial charge in [0.2, 0.25) is 0 Å². The highest BCUT2D eigenvalue weighted by molar-refractivity contribution is 6.30. The molecule has 1 aromatic heterocycles. The van der Waals surface area contributed by atoms with Crippen molar-refractivity contribution < 1.29 is 4.42 Å². The molecule has 0 saturated heterocycles. The fraction of sp³-hybridized carbons (Fsp3) is 0. The predicted octanol–water partition coefficient (Wildman–Crippen LogP) is 16.0. The van der Waals surface area contributed by atoms with Crippen LogP contribution in [0.5, 0.6) is 0 Å². The maximum absolute atomic E-state index is 6.57. The van der Waals surface area contributed by atoms with E-state index in [2.05, 4.69) is 217 Å². The van der Waals surface area contributed by atoms with E-state index in [-0.39, 0.29) is 0 Å². The molecule has 0 aliphatic heterocycles. The second-order valence-corrected chi connectivity index (χ2v) is 15.1. The smallest absolute Gasteiger partial charge is 0.137 e. The highest BCUT2D eigenvalue weighted by atomic mass is 16.3. The summed E-state index contributed by atoms with van der Waals surface area (Å²) in [6, 6.07) is 76.8. The van der Waals surface area contributed by atoms with Crippen LogP contribution < -0.4 is 4.90 Å². The number of anilines is 3. The minimum absolute atomic E-state index is 0.867. The van der Waals surface area contributed by atoms with E-state index in [1.54, 1.807) is 0 Å². The molecule has 2 nitrogen and oxygen atoms in total. The van der Waals surface area contributed by atoms with Crippen molar-refractivity contribution in [2.24, 2.45) is 0 Å². The first-order chi connectivity index (χ1) is 28.8. The monoisotopic (exact) mass is 737 g/mol. The Morgan fingerprint density at radius 2 is 0.845 bits per heavy atom. The summed E-state index contributed by atoms with van der Waals surface area (Å²) < 4.78 is 6.57. The maximum atomic E-state index is 6.57. The molecule has 0 spiro atoms. The van der Waals surface area contributed by atoms with E-state index in [9.17, 15) is 0 Å². The van der Waals surface area contributed by atoms with Gasteiger partial charge in [-0.1, -0.05) is 176 Å². The highest BCUT2D eigenvalue weighted by Crippen LogP contribution is 2.64. The second kappa shape index (κ2) is 12.9. The van der Waals surface area contributed by atoms with Crippen molar-refractivity contribution >= 4 is 60.5 Å². The van der Waals surface area contributed by atoms with E-state index in [0.717, 1.165) is 39.0 Å². The van der Waals surface area contributed by atoms with Crippen LogP contribution in [0.1, 0.15) is 0 Å². The first kappa shape index (κ1) is 32.6. The van der Waals surface area contributed by atoms with Crippen molar-refractivity contribution in [3.8, 4) is 55.6 Å². The number of furan rings is 1. The second-order valence-electron chi connectivity index (χ2n) is 15.1. The van der Waals surface area contributed by atoms with Crippen LogP contribution in [0.4, 0.5) is 17.1 Å². The van der Waals surface area contributed by atoms with Gasteiger partial charge in [0.15, 0.2) is 0 Å². The molecule has 0 saturated carbocycles. The maximum Gasteiger partial charge on any atom is 0.137 e. The van der Waals surface area contributed by atoms with E-state index >= 15 is 0 Å². The van der Waals surface area contributed by atoms with Crippen molar-refractivity contribution in [3.63, 3.8) is 0 Å². The van der Waals surface area contributed by atoms with Gasteiger partial charge in [-0.3, -0.25) is 0 Å². The molecule has 0 N–H and O–H groups in total. The molecule has 1 aliphatic rings. The number of rotatable bonds is 6. The summed E-state index contributed by atoms with van der Waals surface area (Å²) >= 11 is 0. The average molecular weight is 738 g/mol. The standard InChI is InChI=1S/C56H35NO/c1-4-17-36(18-5-1)37-31-33-41(34-32-37)57(47-28-16-30-49-52(47)45-27-14-15-29-48(45)58-49)56-42-24-11-10-23-40(42)35-46-53-50(38-19-6-2-7-20-38)43-25-12-13-26-44(43)51(55(53)54(46)56)39-21-8-3-9-22-39/h1-35H. The van der Waals surface area contributed by atoms with Crippen LogP contribution in [0, 0.1) is 0 Å². The topological polar surface area (TPSA) is 16.4 Å². The van der Waals surface area contributed by atoms with Gasteiger partial charge in [-0.15, -0.1) is 0 Å². The predicted molar refractivity (Wildman–Crippen MR) is 244 cm³/mol. The van der Waals surface area contributed by atoms with E-state index in [4.69, 9.17) is 4.42 Å². The number of para-hydroxylation sites is 1. The third kappa shape index (κ3) is 4.85. The Balaban J connectivity index is 1.24. The number of hydrogen-bond donors (Lipinski definition) is 0. The van der Waals surface area contributed by atoms with Gasteiger partial charge in [0.05, 0.1) is 16.8 Å². The Morgan fingerprint density at radius 3 is 1.52 bits per heavy atom. The van der Waals surface area contributed by atoms with Crippen molar-refractivity contribution in [1.29, 1.82) is 0 Å². The quantitative estimate of drug-likeness (QED) is 0.169. The highest BCUT2D eigenvalue weighted by Gasteiger charge is 2.37. The van der Waals surface area contributed by atoms with Gasteiger partial charge < -0.3 is 9.32 Å². The SMILES string of the molecule is c1ccc(-c2ccc(N(c3c4c(cc5ccccc35)-c3c-4c(-c4ccccc4)c4ccccc4c3-c3ccccc3)c3cccc4oc5ccccc5c34)cc2)cc1. The van der Waals surface area contributed by atoms with Crippen LogP contribution in [-0.4, -0.2) is 0 Å². The number of nitrogens with zero attached hydrogens (tertiary/aromatic N) is 1. The summed E-state index contributed by atoms with van der Waals surface area (Å²) in [4.78, 5) is 2.51. The largest absolute Gasteiger partial charge is 0.456 e. The average Bonchev–Trinajstić information content (AvgIpc) is 3.68. The van der Waals surface area contributed by atoms with Crippen LogP contribution in [0.2, 0.25) is 0 Å². The molecule has 58 heavy (non-hydrogen) atoms. The number of fused-ring (bicyclic) bond motifs is 9. The molecule has 1 heterocycles. The molecule has 10 aromatic carbocycles. The molecule has 1 aliphatic carbocycles. The molecule has 12 rings (SSSR count). The number of benzene rings is 10. The van der Waals surface area contributed by atoms with Gasteiger partial charge in [0, 0.05) is 27.6 Å². The molecule has 2 heteroatoms. The lowest BCUT2D eigenvalue weighted by Crippen LogP contribution is -2.16. The zero-order chi connectivity index (χ0) is 38.2. The molecule has 11 aromatic rings. The van der Waals surface area contributed by atoms with Crippen molar-refractivity contribution in [3.05, 3.63) is 212 Å². The van der Waals surface area contributed by atoms with Crippen molar-refractivity contribution in [1.82, 2.24) is 0 Å². The Hall–Kier alpha value is -7.68. The van der Waals surface area contributed by atoms with Gasteiger partial charge >= 0.3 is 0 Å². The Kier molecular flexibility index (Phi) is 7.26. The number of hydrogen-bond acceptors (Lipinski definition) is 2. The van der Waals surface area contributed by atoms with Gasteiger partial charge in [0.1, 0.15) is 11.2 Å². The minimum atomic E-state index is 0.867. The molecule has 0 radical (unpaired) electrons. The van der Waals surface area contributed by atoms with E-state index in [1.165, 1.54) is 77.2 Å². The lowest BCUT2D eigenvalue weighted by molar-refractivity contribution is 0.669. The zero-order valence-corrected chi connectivity index (χ0v) is 31.6. The van der Waals surface area contributed by atoms with Crippen molar-refractivity contribution in [2.75, 3.05) is 4.90 Å². The van der Waals surface area contributed by atoms with Crippen LogP contribution in [0.15, 0.2) is 217 Å². The van der Waals surface area contributed by atoms with Crippen LogP contribution in [0.25, 0.3) is 99.1 Å². The first-order valence-electron chi connectivity index (χ1n) is 19.9. The summed E-state index contributed by atoms with van der Waals surface area (Å²) in [5.74, 6) is 0. The first-order valence-corrected chi connectivity index (χ1v) is 19.9. The summed E-state index contributed by atoms with van der Waals surface area (Å²) in [5, 5.41) is 7.09. The fourth-order valence-corrected chi connectivity index (χ4v) is 9.48. The lowest BCUT2D eigenvalue weighted by atomic mass is 9.69. The van der Waals surface area contributed by atoms with E-state index < -0.39 is 0 Å². The third-order valence-corrected chi connectivity index (χ3v) is 12.0. The zero-order valence-electron chi connectivity index (χ0n) is 31.6. The molecular formula is C56H35NO. The Morgan fingerprint density at radius 1 is 0.328 bits per heavy atom. The van der Waals surface area contributed by atoms with Crippen LogP contribution in [-0.2, 0) is 0 Å². The molecule has 270 valence electrons.